The van der Waals surface area contributed by atoms with Crippen molar-refractivity contribution in [1.29, 1.82) is 0 Å². The molecule has 1 amide bonds. The van der Waals surface area contributed by atoms with E-state index in [-0.39, 0.29) is 19.1 Å². The van der Waals surface area contributed by atoms with Crippen LogP contribution in [-0.4, -0.2) is 68.5 Å². The van der Waals surface area contributed by atoms with Gasteiger partial charge >= 0.3 is 0 Å². The Morgan fingerprint density at radius 3 is 0.872 bits per heavy atom. The third kappa shape index (κ3) is 63.1. The number of phosphoric ester groups is 1. The van der Waals surface area contributed by atoms with Gasteiger partial charge in [0, 0.05) is 6.42 Å². The second-order valence-corrected chi connectivity index (χ2v) is 27.4. The number of nitrogens with zero attached hydrogens (tertiary/aromatic N) is 1. The van der Waals surface area contributed by atoms with Gasteiger partial charge in [0.05, 0.1) is 39.9 Å². The Morgan fingerprint density at radius 2 is 0.628 bits per heavy atom. The summed E-state index contributed by atoms with van der Waals surface area (Å²) in [7, 11) is 1.33. The average molecular weight is 1130 g/mol. The Labute approximate surface area is 489 Å². The van der Waals surface area contributed by atoms with Gasteiger partial charge in [0.25, 0.3) is 7.82 Å². The first-order valence-electron chi connectivity index (χ1n) is 35.4. The van der Waals surface area contributed by atoms with Gasteiger partial charge in [0.2, 0.25) is 5.91 Å². The number of amides is 1. The van der Waals surface area contributed by atoms with E-state index in [1.54, 1.807) is 0 Å². The van der Waals surface area contributed by atoms with Crippen LogP contribution in [0.25, 0.3) is 0 Å². The van der Waals surface area contributed by atoms with Crippen molar-refractivity contribution in [2.75, 3.05) is 40.9 Å². The van der Waals surface area contributed by atoms with Crippen molar-refractivity contribution >= 4 is 13.7 Å². The zero-order valence-corrected chi connectivity index (χ0v) is 54.6. The zero-order valence-electron chi connectivity index (χ0n) is 53.7. The minimum atomic E-state index is -4.57. The van der Waals surface area contributed by atoms with E-state index in [2.05, 4.69) is 19.2 Å². The minimum Gasteiger partial charge on any atom is -0.756 e. The zero-order chi connectivity index (χ0) is 57.0. The van der Waals surface area contributed by atoms with Crippen LogP contribution in [0.15, 0.2) is 0 Å². The fraction of sp³-hybridized carbons (Fsp3) is 0.986. The predicted octanol–water partition coefficient (Wildman–Crippen LogP) is 21.7. The molecule has 0 aromatic carbocycles. The molecule has 468 valence electrons. The second kappa shape index (κ2) is 61.1. The van der Waals surface area contributed by atoms with Gasteiger partial charge in [0.1, 0.15) is 13.2 Å². The highest BCUT2D eigenvalue weighted by Crippen LogP contribution is 2.38. The summed E-state index contributed by atoms with van der Waals surface area (Å²) < 4.78 is 23.5. The van der Waals surface area contributed by atoms with E-state index in [4.69, 9.17) is 9.05 Å². The van der Waals surface area contributed by atoms with Crippen LogP contribution in [-0.2, 0) is 18.4 Å². The molecule has 0 aromatic heterocycles. The van der Waals surface area contributed by atoms with Crippen LogP contribution in [0.4, 0.5) is 0 Å². The SMILES string of the molecule is CCCCCCCCCCCCCCCCCCCCCCCCCCCCCCCCCCCCCC(=O)NC(COP(=O)([O-])OCC[N+](C)(C)C)C(O)CCCCCCCCCCCCCCCCCCCCCCC. The molecule has 0 radical (unpaired) electrons. The molecule has 0 aromatic rings. The molecule has 3 atom stereocenters. The highest BCUT2D eigenvalue weighted by molar-refractivity contribution is 7.45. The highest BCUT2D eigenvalue weighted by atomic mass is 31.2. The Balaban J connectivity index is 3.92. The summed E-state index contributed by atoms with van der Waals surface area (Å²) in [4.78, 5) is 25.6. The predicted molar refractivity (Wildman–Crippen MR) is 339 cm³/mol. The van der Waals surface area contributed by atoms with E-state index in [9.17, 15) is 19.4 Å². The summed E-state index contributed by atoms with van der Waals surface area (Å²) in [6, 6.07) is -0.796. The Morgan fingerprint density at radius 1 is 0.397 bits per heavy atom. The molecule has 3 unspecified atom stereocenters. The Kier molecular flexibility index (Phi) is 60.7. The molecule has 78 heavy (non-hydrogen) atoms. The van der Waals surface area contributed by atoms with E-state index in [0.717, 1.165) is 38.5 Å². The molecule has 0 bridgehead atoms. The summed E-state index contributed by atoms with van der Waals surface area (Å²) >= 11 is 0. The smallest absolute Gasteiger partial charge is 0.268 e. The van der Waals surface area contributed by atoms with Crippen molar-refractivity contribution in [2.45, 2.75) is 398 Å². The molecule has 0 aliphatic carbocycles. The van der Waals surface area contributed by atoms with E-state index in [1.807, 2.05) is 21.1 Å². The third-order valence-electron chi connectivity index (χ3n) is 16.8. The summed E-state index contributed by atoms with van der Waals surface area (Å²) in [5, 5.41) is 14.1. The van der Waals surface area contributed by atoms with Crippen LogP contribution in [0.2, 0.25) is 0 Å². The molecule has 0 rings (SSSR count). The lowest BCUT2D eigenvalue weighted by atomic mass is 10.0. The first-order chi connectivity index (χ1) is 38.0. The van der Waals surface area contributed by atoms with Crippen molar-refractivity contribution in [1.82, 2.24) is 5.32 Å². The lowest BCUT2D eigenvalue weighted by Crippen LogP contribution is -2.46. The highest BCUT2D eigenvalue weighted by Gasteiger charge is 2.24. The van der Waals surface area contributed by atoms with Gasteiger partial charge in [-0.1, -0.05) is 367 Å². The first-order valence-corrected chi connectivity index (χ1v) is 36.8. The number of aliphatic hydroxyl groups excluding tert-OH is 1. The quantitative estimate of drug-likeness (QED) is 0.0357. The van der Waals surface area contributed by atoms with E-state index in [1.165, 1.54) is 321 Å². The monoisotopic (exact) mass is 1130 g/mol. The van der Waals surface area contributed by atoms with Gasteiger partial charge in [-0.25, -0.2) is 0 Å². The minimum absolute atomic E-state index is 0.0169. The molecule has 0 heterocycles. The molecule has 0 spiro atoms. The number of aliphatic hydroxyl groups is 1. The fourth-order valence-electron chi connectivity index (χ4n) is 11.3. The number of nitrogens with one attached hydrogen (secondary N) is 1. The van der Waals surface area contributed by atoms with Crippen LogP contribution in [0.5, 0.6) is 0 Å². The number of hydrogen-bond acceptors (Lipinski definition) is 6. The van der Waals surface area contributed by atoms with Gasteiger partial charge in [0.15, 0.2) is 0 Å². The molecule has 2 N–H and O–H groups in total. The number of carbonyl (C=O) groups is 1. The molecule has 0 saturated carbocycles. The number of unbranched alkanes of at least 4 members (excludes halogenated alkanes) is 54. The van der Waals surface area contributed by atoms with Crippen molar-refractivity contribution in [3.8, 4) is 0 Å². The topological polar surface area (TPSA) is 108 Å². The van der Waals surface area contributed by atoms with Crippen molar-refractivity contribution in [3.05, 3.63) is 0 Å². The van der Waals surface area contributed by atoms with Gasteiger partial charge < -0.3 is 28.8 Å². The number of carbonyl (C=O) groups excluding carboxylic acids is 1. The maximum atomic E-state index is 13.0. The third-order valence-corrected chi connectivity index (χ3v) is 17.8. The van der Waals surface area contributed by atoms with Crippen LogP contribution in [0.1, 0.15) is 386 Å². The van der Waals surface area contributed by atoms with Crippen LogP contribution in [0.3, 0.4) is 0 Å². The number of phosphoric acid groups is 1. The molecular weight excluding hydrogens is 984 g/mol. The fourth-order valence-corrected chi connectivity index (χ4v) is 12.1. The maximum Gasteiger partial charge on any atom is 0.268 e. The Hall–Kier alpha value is -0.500. The Bertz CT molecular complexity index is 1230. The second-order valence-electron chi connectivity index (χ2n) is 26.0. The van der Waals surface area contributed by atoms with Crippen molar-refractivity contribution in [3.63, 3.8) is 0 Å². The largest absolute Gasteiger partial charge is 0.756 e. The first kappa shape index (κ1) is 77.5. The average Bonchev–Trinajstić information content (AvgIpc) is 3.41. The number of likely N-dealkylation sites (N-methyl/N-ethyl adjacent to an activating group) is 1. The van der Waals surface area contributed by atoms with Crippen molar-refractivity contribution < 1.29 is 32.9 Å². The van der Waals surface area contributed by atoms with E-state index in [0.29, 0.717) is 23.9 Å². The van der Waals surface area contributed by atoms with Crippen LogP contribution >= 0.6 is 7.82 Å². The molecular formula is C69H141N2O6P. The summed E-state index contributed by atoms with van der Waals surface area (Å²) in [6.07, 6.45) is 76.2. The standard InChI is InChI=1S/C69H141N2O6P/c1-6-8-10-12-14-16-18-20-22-24-26-28-29-30-31-32-33-34-35-36-37-38-39-40-41-43-45-47-49-51-53-55-57-59-61-63-69(73)70-67(66-77-78(74,75)76-65-64-71(3,4)5)68(72)62-60-58-56-54-52-50-48-46-44-42-27-25-23-21-19-17-15-13-11-9-7-2/h67-68,72H,6-66H2,1-5H3,(H-,70,73,74,75). The lowest BCUT2D eigenvalue weighted by Gasteiger charge is -2.30. The van der Waals surface area contributed by atoms with Crippen LogP contribution in [0, 0.1) is 0 Å². The number of quaternary nitrogens is 1. The van der Waals surface area contributed by atoms with Crippen LogP contribution < -0.4 is 10.2 Å². The maximum absolute atomic E-state index is 13.0. The molecule has 0 aliphatic rings. The molecule has 0 fully saturated rings. The van der Waals surface area contributed by atoms with E-state index < -0.39 is 20.0 Å². The molecule has 0 aliphatic heterocycles. The lowest BCUT2D eigenvalue weighted by molar-refractivity contribution is -0.870. The molecule has 8 nitrogen and oxygen atoms in total. The number of rotatable bonds is 67. The van der Waals surface area contributed by atoms with Gasteiger partial charge in [-0.15, -0.1) is 0 Å². The van der Waals surface area contributed by atoms with Crippen molar-refractivity contribution in [2.24, 2.45) is 0 Å². The summed E-state index contributed by atoms with van der Waals surface area (Å²) in [5.41, 5.74) is 0. The molecule has 9 heteroatoms. The normalized spacial score (nSPS) is 13.6. The van der Waals surface area contributed by atoms with E-state index >= 15 is 0 Å². The van der Waals surface area contributed by atoms with Gasteiger partial charge in [-0.2, -0.15) is 0 Å². The summed E-state index contributed by atoms with van der Waals surface area (Å²) in [5.74, 6) is -0.154. The van der Waals surface area contributed by atoms with Gasteiger partial charge in [-0.3, -0.25) is 9.36 Å². The van der Waals surface area contributed by atoms with Gasteiger partial charge in [-0.05, 0) is 12.8 Å². The summed E-state index contributed by atoms with van der Waals surface area (Å²) in [6.45, 7) is 4.80. The molecule has 0 saturated heterocycles. The number of hydrogen-bond donors (Lipinski definition) is 2.